The van der Waals surface area contributed by atoms with Gasteiger partial charge in [0, 0.05) is 18.3 Å². The van der Waals surface area contributed by atoms with Crippen LogP contribution in [0.25, 0.3) is 0 Å². The SMILES string of the molecule is CC(=O)c1ccc(S(=O)(=O)N(C)CC(=O)Nc2ccc(OCC(C)C)c(Cl)c2)cc1. The molecule has 0 atom stereocenters. The van der Waals surface area contributed by atoms with E-state index < -0.39 is 15.9 Å². The quantitative estimate of drug-likeness (QED) is 0.583. The monoisotopic (exact) mass is 452 g/mol. The maximum Gasteiger partial charge on any atom is 0.243 e. The lowest BCUT2D eigenvalue weighted by atomic mass is 10.2. The van der Waals surface area contributed by atoms with Crippen LogP contribution >= 0.6 is 11.6 Å². The van der Waals surface area contributed by atoms with E-state index in [4.69, 9.17) is 16.3 Å². The summed E-state index contributed by atoms with van der Waals surface area (Å²) in [5.41, 5.74) is 0.838. The normalized spacial score (nSPS) is 11.6. The maximum absolute atomic E-state index is 12.7. The van der Waals surface area contributed by atoms with E-state index in [-0.39, 0.29) is 17.2 Å². The van der Waals surface area contributed by atoms with Crippen LogP contribution in [0.4, 0.5) is 5.69 Å². The van der Waals surface area contributed by atoms with E-state index in [0.717, 1.165) is 4.31 Å². The molecule has 162 valence electrons. The number of ether oxygens (including phenoxy) is 1. The molecular formula is C21H25ClN2O5S. The van der Waals surface area contributed by atoms with Crippen LogP contribution in [-0.4, -0.2) is 44.6 Å². The molecule has 2 aromatic rings. The standard InChI is InChI=1S/C21H25ClN2O5S/c1-14(2)13-29-20-10-7-17(11-19(20)22)23-21(26)12-24(4)30(27,28)18-8-5-16(6-9-18)15(3)25/h5-11,14H,12-13H2,1-4H3,(H,23,26). The number of rotatable bonds is 9. The lowest BCUT2D eigenvalue weighted by Crippen LogP contribution is -2.35. The summed E-state index contributed by atoms with van der Waals surface area (Å²) in [6.07, 6.45) is 0. The Balaban J connectivity index is 2.03. The Kier molecular flexibility index (Phi) is 8.00. The maximum atomic E-state index is 12.7. The number of Topliss-reactive ketones (excluding diaryl/α,β-unsaturated/α-hetero) is 1. The van der Waals surface area contributed by atoms with Crippen LogP contribution in [0.1, 0.15) is 31.1 Å². The summed E-state index contributed by atoms with van der Waals surface area (Å²) in [5, 5.41) is 2.97. The van der Waals surface area contributed by atoms with Gasteiger partial charge >= 0.3 is 0 Å². The predicted octanol–water partition coefficient (Wildman–Crippen LogP) is 3.84. The molecule has 0 saturated carbocycles. The highest BCUT2D eigenvalue weighted by molar-refractivity contribution is 7.89. The van der Waals surface area contributed by atoms with Gasteiger partial charge in [-0.25, -0.2) is 8.42 Å². The fraction of sp³-hybridized carbons (Fsp3) is 0.333. The predicted molar refractivity (Wildman–Crippen MR) is 117 cm³/mol. The van der Waals surface area contributed by atoms with Crippen molar-refractivity contribution in [2.45, 2.75) is 25.7 Å². The van der Waals surface area contributed by atoms with Crippen molar-refractivity contribution in [1.82, 2.24) is 4.31 Å². The minimum Gasteiger partial charge on any atom is -0.492 e. The van der Waals surface area contributed by atoms with E-state index in [0.29, 0.717) is 34.5 Å². The molecule has 0 radical (unpaired) electrons. The van der Waals surface area contributed by atoms with Gasteiger partial charge in [-0.3, -0.25) is 9.59 Å². The van der Waals surface area contributed by atoms with Crippen molar-refractivity contribution < 1.29 is 22.7 Å². The molecule has 2 rings (SSSR count). The molecule has 0 unspecified atom stereocenters. The van der Waals surface area contributed by atoms with Crippen LogP contribution < -0.4 is 10.1 Å². The van der Waals surface area contributed by atoms with Crippen LogP contribution in [0.5, 0.6) is 5.75 Å². The molecule has 0 spiro atoms. The molecule has 0 saturated heterocycles. The van der Waals surface area contributed by atoms with Gasteiger partial charge in [0.15, 0.2) is 5.78 Å². The summed E-state index contributed by atoms with van der Waals surface area (Å²) in [6, 6.07) is 10.4. The van der Waals surface area contributed by atoms with Gasteiger partial charge in [0.1, 0.15) is 5.75 Å². The number of nitrogens with one attached hydrogen (secondary N) is 1. The van der Waals surface area contributed by atoms with E-state index in [1.807, 2.05) is 13.8 Å². The number of nitrogens with zero attached hydrogens (tertiary/aromatic N) is 1. The lowest BCUT2D eigenvalue weighted by Gasteiger charge is -2.17. The molecule has 30 heavy (non-hydrogen) atoms. The fourth-order valence-electron chi connectivity index (χ4n) is 2.48. The Morgan fingerprint density at radius 3 is 2.30 bits per heavy atom. The molecule has 0 aliphatic rings. The molecule has 0 bridgehead atoms. The van der Waals surface area contributed by atoms with Gasteiger partial charge in [-0.1, -0.05) is 37.6 Å². The number of sulfonamides is 1. The Labute approximate surface area is 182 Å². The molecule has 1 N–H and O–H groups in total. The van der Waals surface area contributed by atoms with Crippen molar-refractivity contribution in [1.29, 1.82) is 0 Å². The molecule has 1 amide bonds. The molecule has 0 heterocycles. The lowest BCUT2D eigenvalue weighted by molar-refractivity contribution is -0.116. The van der Waals surface area contributed by atoms with E-state index >= 15 is 0 Å². The van der Waals surface area contributed by atoms with Crippen LogP contribution in [0.15, 0.2) is 47.4 Å². The number of hydrogen-bond donors (Lipinski definition) is 1. The van der Waals surface area contributed by atoms with Gasteiger partial charge in [-0.05, 0) is 43.2 Å². The van der Waals surface area contributed by atoms with Crippen molar-refractivity contribution in [2.24, 2.45) is 5.92 Å². The smallest absolute Gasteiger partial charge is 0.243 e. The topological polar surface area (TPSA) is 92.8 Å². The van der Waals surface area contributed by atoms with Gasteiger partial charge in [-0.2, -0.15) is 4.31 Å². The molecule has 0 aliphatic carbocycles. The second kappa shape index (κ2) is 10.1. The van der Waals surface area contributed by atoms with Gasteiger partial charge in [0.05, 0.1) is 23.1 Å². The zero-order chi connectivity index (χ0) is 22.5. The number of hydrogen-bond acceptors (Lipinski definition) is 5. The first-order valence-corrected chi connectivity index (χ1v) is 11.1. The summed E-state index contributed by atoms with van der Waals surface area (Å²) in [5.74, 6) is 0.174. The van der Waals surface area contributed by atoms with Gasteiger partial charge < -0.3 is 10.1 Å². The molecule has 0 aromatic heterocycles. The molecular weight excluding hydrogens is 428 g/mol. The minimum atomic E-state index is -3.88. The summed E-state index contributed by atoms with van der Waals surface area (Å²) in [7, 11) is -2.57. The van der Waals surface area contributed by atoms with Crippen LogP contribution in [0.3, 0.4) is 0 Å². The number of carbonyl (C=O) groups is 2. The average molecular weight is 453 g/mol. The van der Waals surface area contributed by atoms with Gasteiger partial charge in [0.2, 0.25) is 15.9 Å². The molecule has 0 fully saturated rings. The van der Waals surface area contributed by atoms with Gasteiger partial charge in [0.25, 0.3) is 0 Å². The second-order valence-corrected chi connectivity index (χ2v) is 9.69. The van der Waals surface area contributed by atoms with Crippen molar-refractivity contribution in [3.63, 3.8) is 0 Å². The van der Waals surface area contributed by atoms with Gasteiger partial charge in [-0.15, -0.1) is 0 Å². The fourth-order valence-corrected chi connectivity index (χ4v) is 3.84. The highest BCUT2D eigenvalue weighted by atomic mass is 35.5. The molecule has 2 aromatic carbocycles. The highest BCUT2D eigenvalue weighted by Gasteiger charge is 2.23. The zero-order valence-corrected chi connectivity index (χ0v) is 18.9. The first-order valence-electron chi connectivity index (χ1n) is 9.30. The van der Waals surface area contributed by atoms with Crippen molar-refractivity contribution in [3.8, 4) is 5.75 Å². The Bertz CT molecular complexity index is 1020. The Morgan fingerprint density at radius 1 is 1.13 bits per heavy atom. The van der Waals surface area contributed by atoms with Crippen LogP contribution in [-0.2, 0) is 14.8 Å². The summed E-state index contributed by atoms with van der Waals surface area (Å²) < 4.78 is 31.8. The Hall–Kier alpha value is -2.42. The van der Waals surface area contributed by atoms with Crippen LogP contribution in [0.2, 0.25) is 5.02 Å². The van der Waals surface area contributed by atoms with E-state index in [1.165, 1.54) is 38.2 Å². The molecule has 9 heteroatoms. The van der Waals surface area contributed by atoms with Crippen molar-refractivity contribution in [2.75, 3.05) is 25.5 Å². The summed E-state index contributed by atoms with van der Waals surface area (Å²) in [4.78, 5) is 23.7. The number of anilines is 1. The zero-order valence-electron chi connectivity index (χ0n) is 17.3. The highest BCUT2D eigenvalue weighted by Crippen LogP contribution is 2.28. The minimum absolute atomic E-state index is 0.00232. The number of amides is 1. The summed E-state index contributed by atoms with van der Waals surface area (Å²) >= 11 is 6.18. The van der Waals surface area contributed by atoms with E-state index in [2.05, 4.69) is 5.32 Å². The van der Waals surface area contributed by atoms with Crippen molar-refractivity contribution >= 4 is 39.0 Å². The number of likely N-dealkylation sites (N-methyl/N-ethyl adjacent to an activating group) is 1. The molecule has 7 nitrogen and oxygen atoms in total. The molecule has 0 aliphatic heterocycles. The van der Waals surface area contributed by atoms with Crippen LogP contribution in [0, 0.1) is 5.92 Å². The third kappa shape index (κ3) is 6.29. The number of carbonyl (C=O) groups excluding carboxylic acids is 2. The number of ketones is 1. The van der Waals surface area contributed by atoms with E-state index in [1.54, 1.807) is 18.2 Å². The first-order chi connectivity index (χ1) is 14.0. The second-order valence-electron chi connectivity index (χ2n) is 7.24. The largest absolute Gasteiger partial charge is 0.492 e. The summed E-state index contributed by atoms with van der Waals surface area (Å²) in [6.45, 7) is 5.56. The number of halogens is 1. The van der Waals surface area contributed by atoms with Crippen molar-refractivity contribution in [3.05, 3.63) is 53.1 Å². The third-order valence-electron chi connectivity index (χ3n) is 4.12. The third-order valence-corrected chi connectivity index (χ3v) is 6.24. The number of benzene rings is 2. The average Bonchev–Trinajstić information content (AvgIpc) is 2.67. The first kappa shape index (κ1) is 23.9. The van der Waals surface area contributed by atoms with E-state index in [9.17, 15) is 18.0 Å². The Morgan fingerprint density at radius 2 is 1.77 bits per heavy atom.